The van der Waals surface area contributed by atoms with Crippen LogP contribution in [0.2, 0.25) is 0 Å². The van der Waals surface area contributed by atoms with E-state index in [-0.39, 0.29) is 12.5 Å². The van der Waals surface area contributed by atoms with Gasteiger partial charge in [-0.2, -0.15) is 0 Å². The molecule has 6 heteroatoms. The van der Waals surface area contributed by atoms with Gasteiger partial charge < -0.3 is 11.1 Å². The summed E-state index contributed by atoms with van der Waals surface area (Å²) in [5.74, 6) is 5.15. The molecule has 1 aliphatic rings. The summed E-state index contributed by atoms with van der Waals surface area (Å²) in [6, 6.07) is 13.3. The lowest BCUT2D eigenvalue weighted by atomic mass is 10.1. The van der Waals surface area contributed by atoms with E-state index < -0.39 is 11.9 Å². The van der Waals surface area contributed by atoms with Crippen LogP contribution < -0.4 is 11.1 Å². The number of amides is 2. The minimum Gasteiger partial charge on any atom is -0.399 e. The number of nitrogens with zero attached hydrogens (tertiary/aromatic N) is 1. The second-order valence-corrected chi connectivity index (χ2v) is 5.40. The normalized spacial score (nSPS) is 16.0. The summed E-state index contributed by atoms with van der Waals surface area (Å²) in [5, 5.41) is 12.1. The largest absolute Gasteiger partial charge is 0.399 e. The summed E-state index contributed by atoms with van der Waals surface area (Å²) in [4.78, 5) is 23.3. The Morgan fingerprint density at radius 2 is 1.62 bits per heavy atom. The maximum atomic E-state index is 12.0. The van der Waals surface area contributed by atoms with E-state index in [1.54, 1.807) is 36.4 Å². The monoisotopic (exact) mass is 321 g/mol. The topological polar surface area (TPSA) is 95.7 Å². The van der Waals surface area contributed by atoms with Crippen molar-refractivity contribution in [3.8, 4) is 11.8 Å². The fraction of sp³-hybridized carbons (Fsp3) is 0.111. The molecule has 6 nitrogen and oxygen atoms in total. The molecule has 0 unspecified atom stereocenters. The van der Waals surface area contributed by atoms with Gasteiger partial charge in [0, 0.05) is 22.4 Å². The molecular formula is C18H15N3O3. The van der Waals surface area contributed by atoms with Gasteiger partial charge in [-0.25, -0.2) is 5.06 Å². The molecule has 120 valence electrons. The van der Waals surface area contributed by atoms with Crippen molar-refractivity contribution in [2.75, 3.05) is 12.3 Å². The van der Waals surface area contributed by atoms with Gasteiger partial charge in [0.1, 0.15) is 6.04 Å². The predicted octanol–water partition coefficient (Wildman–Crippen LogP) is 0.998. The zero-order valence-corrected chi connectivity index (χ0v) is 12.7. The van der Waals surface area contributed by atoms with Crippen molar-refractivity contribution in [3.63, 3.8) is 0 Å². The number of benzene rings is 2. The highest BCUT2D eigenvalue weighted by Crippen LogP contribution is 2.09. The van der Waals surface area contributed by atoms with Crippen molar-refractivity contribution in [2.45, 2.75) is 6.04 Å². The molecule has 0 saturated carbocycles. The van der Waals surface area contributed by atoms with E-state index in [1.807, 2.05) is 12.1 Å². The minimum absolute atomic E-state index is 0.107. The van der Waals surface area contributed by atoms with Gasteiger partial charge in [0.05, 0.1) is 6.54 Å². The fourth-order valence-electron chi connectivity index (χ4n) is 2.17. The number of hydrogen-bond donors (Lipinski definition) is 3. The first-order chi connectivity index (χ1) is 11.5. The number of carbonyl (C=O) groups excluding carboxylic acids is 2. The molecule has 4 N–H and O–H groups in total. The third kappa shape index (κ3) is 3.37. The van der Waals surface area contributed by atoms with Gasteiger partial charge in [0.25, 0.3) is 11.8 Å². The van der Waals surface area contributed by atoms with Crippen molar-refractivity contribution in [1.29, 1.82) is 0 Å². The van der Waals surface area contributed by atoms with Crippen LogP contribution in [0.4, 0.5) is 5.69 Å². The number of β-lactam (4-membered cyclic amide) rings is 1. The molecule has 2 aromatic carbocycles. The number of rotatable bonds is 2. The van der Waals surface area contributed by atoms with E-state index in [2.05, 4.69) is 17.2 Å². The third-order valence-corrected chi connectivity index (χ3v) is 3.62. The molecule has 1 fully saturated rings. The van der Waals surface area contributed by atoms with Crippen LogP contribution in [0.5, 0.6) is 0 Å². The zero-order chi connectivity index (χ0) is 17.1. The van der Waals surface area contributed by atoms with Crippen molar-refractivity contribution >= 4 is 17.5 Å². The SMILES string of the molecule is Nc1ccc(C#Cc2ccc(C(=O)N[C@@H]3CN(O)C3=O)cc2)cc1. The molecule has 0 bridgehead atoms. The molecule has 0 radical (unpaired) electrons. The number of nitrogens with two attached hydrogens (primary N) is 1. The number of hydroxylamine groups is 2. The first kappa shape index (κ1) is 15.6. The van der Waals surface area contributed by atoms with Gasteiger partial charge >= 0.3 is 0 Å². The second kappa shape index (κ2) is 6.44. The molecule has 2 amide bonds. The van der Waals surface area contributed by atoms with E-state index in [1.165, 1.54) is 0 Å². The Morgan fingerprint density at radius 3 is 2.12 bits per heavy atom. The minimum atomic E-state index is -0.660. The number of nitrogen functional groups attached to an aromatic ring is 1. The Balaban J connectivity index is 1.64. The van der Waals surface area contributed by atoms with Gasteiger partial charge in [0.2, 0.25) is 0 Å². The van der Waals surface area contributed by atoms with E-state index >= 15 is 0 Å². The van der Waals surface area contributed by atoms with Crippen LogP contribution in [0, 0.1) is 11.8 Å². The van der Waals surface area contributed by atoms with Crippen LogP contribution in [0.25, 0.3) is 0 Å². The summed E-state index contributed by atoms with van der Waals surface area (Å²) in [7, 11) is 0. The Morgan fingerprint density at radius 1 is 1.08 bits per heavy atom. The van der Waals surface area contributed by atoms with Crippen LogP contribution in [0.1, 0.15) is 21.5 Å². The average molecular weight is 321 g/mol. The summed E-state index contributed by atoms with van der Waals surface area (Å²) >= 11 is 0. The predicted molar refractivity (Wildman–Crippen MR) is 88.0 cm³/mol. The fourth-order valence-corrected chi connectivity index (χ4v) is 2.17. The highest BCUT2D eigenvalue weighted by atomic mass is 16.5. The Labute approximate surface area is 138 Å². The number of carbonyl (C=O) groups is 2. The molecule has 1 atom stereocenters. The molecular weight excluding hydrogens is 306 g/mol. The van der Waals surface area contributed by atoms with Gasteiger partial charge in [-0.05, 0) is 48.5 Å². The smallest absolute Gasteiger partial charge is 0.270 e. The standard InChI is InChI=1S/C18H15N3O3/c19-15-9-5-13(6-10-15)2-1-12-3-7-14(8-4-12)17(22)20-16-11-21(24)18(16)23/h3-10,16,24H,11,19H2,(H,20,22)/t16-/m1/s1. The van der Waals surface area contributed by atoms with Crippen LogP contribution in [0.3, 0.4) is 0 Å². The molecule has 2 aromatic rings. The lowest BCUT2D eigenvalue weighted by molar-refractivity contribution is -0.189. The van der Waals surface area contributed by atoms with Gasteiger partial charge in [-0.3, -0.25) is 14.8 Å². The number of hydrogen-bond acceptors (Lipinski definition) is 4. The van der Waals surface area contributed by atoms with E-state index in [4.69, 9.17) is 10.9 Å². The quantitative estimate of drug-likeness (QED) is 0.333. The molecule has 1 aliphatic heterocycles. The maximum Gasteiger partial charge on any atom is 0.270 e. The maximum absolute atomic E-state index is 12.0. The molecule has 24 heavy (non-hydrogen) atoms. The van der Waals surface area contributed by atoms with Crippen LogP contribution >= 0.6 is 0 Å². The zero-order valence-electron chi connectivity index (χ0n) is 12.7. The summed E-state index contributed by atoms with van der Waals surface area (Å²) in [5.41, 5.74) is 8.35. The molecule has 1 heterocycles. The van der Waals surface area contributed by atoms with Crippen LogP contribution in [0.15, 0.2) is 48.5 Å². The van der Waals surface area contributed by atoms with E-state index in [9.17, 15) is 9.59 Å². The van der Waals surface area contributed by atoms with Gasteiger partial charge in [-0.1, -0.05) is 11.8 Å². The highest BCUT2D eigenvalue weighted by molar-refractivity contribution is 5.99. The summed E-state index contributed by atoms with van der Waals surface area (Å²) in [6.07, 6.45) is 0. The Kier molecular flexibility index (Phi) is 4.18. The summed E-state index contributed by atoms with van der Waals surface area (Å²) < 4.78 is 0. The highest BCUT2D eigenvalue weighted by Gasteiger charge is 2.37. The van der Waals surface area contributed by atoms with E-state index in [0.717, 1.165) is 11.1 Å². The number of anilines is 1. The van der Waals surface area contributed by atoms with Gasteiger partial charge in [0.15, 0.2) is 0 Å². The lowest BCUT2D eigenvalue weighted by Gasteiger charge is -2.33. The summed E-state index contributed by atoms with van der Waals surface area (Å²) in [6.45, 7) is 0.107. The lowest BCUT2D eigenvalue weighted by Crippen LogP contribution is -2.62. The van der Waals surface area contributed by atoms with Crippen LogP contribution in [-0.2, 0) is 4.79 Å². The molecule has 1 saturated heterocycles. The van der Waals surface area contributed by atoms with E-state index in [0.29, 0.717) is 16.3 Å². The first-order valence-electron chi connectivity index (χ1n) is 7.32. The van der Waals surface area contributed by atoms with Crippen LogP contribution in [-0.4, -0.2) is 34.7 Å². The third-order valence-electron chi connectivity index (χ3n) is 3.62. The average Bonchev–Trinajstić information content (AvgIpc) is 2.61. The van der Waals surface area contributed by atoms with Gasteiger partial charge in [-0.15, -0.1) is 0 Å². The van der Waals surface area contributed by atoms with Crippen molar-refractivity contribution in [1.82, 2.24) is 10.4 Å². The van der Waals surface area contributed by atoms with Crippen molar-refractivity contribution < 1.29 is 14.8 Å². The Bertz CT molecular complexity index is 833. The molecule has 0 spiro atoms. The Hall–Kier alpha value is -3.30. The molecule has 0 aromatic heterocycles. The molecule has 0 aliphatic carbocycles. The molecule has 3 rings (SSSR count). The van der Waals surface area contributed by atoms with Crippen molar-refractivity contribution in [3.05, 3.63) is 65.2 Å². The second-order valence-electron chi connectivity index (χ2n) is 5.40. The van der Waals surface area contributed by atoms with Crippen molar-refractivity contribution in [2.24, 2.45) is 0 Å². The number of nitrogens with one attached hydrogen (secondary N) is 1. The first-order valence-corrected chi connectivity index (χ1v) is 7.32.